The number of hydrogen-bond acceptors (Lipinski definition) is 4. The average molecular weight is 275 g/mol. The topological polar surface area (TPSA) is 92.2 Å². The molecule has 0 saturated heterocycles. The number of aromatic nitrogens is 2. The summed E-state index contributed by atoms with van der Waals surface area (Å²) in [5, 5.41) is 11.3. The van der Waals surface area contributed by atoms with Gasteiger partial charge in [-0.2, -0.15) is 4.39 Å². The summed E-state index contributed by atoms with van der Waals surface area (Å²) in [5.41, 5.74) is 0.822. The maximum absolute atomic E-state index is 12.6. The molecule has 7 heteroatoms. The molecule has 1 amide bonds. The maximum atomic E-state index is 12.6. The van der Waals surface area contributed by atoms with Crippen LogP contribution in [0.25, 0.3) is 0 Å². The SMILES string of the molecule is O=C(NCc1ccc(C(=O)O)nc1)c1ccc(F)nc1. The van der Waals surface area contributed by atoms with Crippen molar-refractivity contribution in [3.05, 3.63) is 59.4 Å². The average Bonchev–Trinajstić information content (AvgIpc) is 2.46. The molecule has 0 radical (unpaired) electrons. The summed E-state index contributed by atoms with van der Waals surface area (Å²) in [6, 6.07) is 5.32. The van der Waals surface area contributed by atoms with Gasteiger partial charge in [0.05, 0.1) is 5.56 Å². The molecule has 0 spiro atoms. The first-order chi connectivity index (χ1) is 9.56. The highest BCUT2D eigenvalue weighted by molar-refractivity contribution is 5.93. The summed E-state index contributed by atoms with van der Waals surface area (Å²) < 4.78 is 12.6. The lowest BCUT2D eigenvalue weighted by atomic mass is 10.2. The Kier molecular flexibility index (Phi) is 3.99. The summed E-state index contributed by atoms with van der Waals surface area (Å²) in [5.74, 6) is -2.17. The molecule has 20 heavy (non-hydrogen) atoms. The van der Waals surface area contributed by atoms with Crippen molar-refractivity contribution in [3.63, 3.8) is 0 Å². The number of carbonyl (C=O) groups excluding carboxylic acids is 1. The third kappa shape index (κ3) is 3.35. The lowest BCUT2D eigenvalue weighted by Gasteiger charge is -2.05. The summed E-state index contributed by atoms with van der Waals surface area (Å²) in [4.78, 5) is 29.4. The van der Waals surface area contributed by atoms with Gasteiger partial charge in [-0.1, -0.05) is 6.07 Å². The number of carboxylic acid groups (broad SMARTS) is 1. The van der Waals surface area contributed by atoms with Crippen LogP contribution in [-0.2, 0) is 6.54 Å². The van der Waals surface area contributed by atoms with Crippen molar-refractivity contribution in [2.75, 3.05) is 0 Å². The predicted octanol–water partition coefficient (Wildman–Crippen LogP) is 1.24. The number of hydrogen-bond donors (Lipinski definition) is 2. The van der Waals surface area contributed by atoms with Gasteiger partial charge in [0.15, 0.2) is 0 Å². The van der Waals surface area contributed by atoms with Crippen molar-refractivity contribution in [1.29, 1.82) is 0 Å². The Morgan fingerprint density at radius 3 is 2.50 bits per heavy atom. The molecule has 0 aliphatic carbocycles. The van der Waals surface area contributed by atoms with Crippen molar-refractivity contribution in [3.8, 4) is 0 Å². The molecular weight excluding hydrogens is 265 g/mol. The zero-order valence-electron chi connectivity index (χ0n) is 10.2. The highest BCUT2D eigenvalue weighted by atomic mass is 19.1. The van der Waals surface area contributed by atoms with E-state index < -0.39 is 17.8 Å². The van der Waals surface area contributed by atoms with Crippen LogP contribution in [0.15, 0.2) is 36.7 Å². The van der Waals surface area contributed by atoms with Gasteiger partial charge >= 0.3 is 5.97 Å². The van der Waals surface area contributed by atoms with Gasteiger partial charge in [-0.15, -0.1) is 0 Å². The fourth-order valence-corrected chi connectivity index (χ4v) is 1.45. The van der Waals surface area contributed by atoms with Crippen molar-refractivity contribution in [2.45, 2.75) is 6.54 Å². The molecule has 0 bridgehead atoms. The summed E-state index contributed by atoms with van der Waals surface area (Å²) in [6.45, 7) is 0.184. The number of rotatable bonds is 4. The number of nitrogens with one attached hydrogen (secondary N) is 1. The third-order valence-electron chi connectivity index (χ3n) is 2.49. The van der Waals surface area contributed by atoms with Crippen LogP contribution in [0.1, 0.15) is 26.4 Å². The first-order valence-corrected chi connectivity index (χ1v) is 5.64. The molecule has 0 aliphatic rings. The molecule has 0 atom stereocenters. The number of pyridine rings is 2. The van der Waals surface area contributed by atoms with E-state index in [0.29, 0.717) is 5.56 Å². The second kappa shape index (κ2) is 5.87. The normalized spacial score (nSPS) is 10.1. The van der Waals surface area contributed by atoms with E-state index in [0.717, 1.165) is 12.3 Å². The second-order valence-electron chi connectivity index (χ2n) is 3.91. The first-order valence-electron chi connectivity index (χ1n) is 5.64. The minimum Gasteiger partial charge on any atom is -0.477 e. The smallest absolute Gasteiger partial charge is 0.354 e. The molecule has 0 aromatic carbocycles. The molecule has 0 aliphatic heterocycles. The lowest BCUT2D eigenvalue weighted by Crippen LogP contribution is -2.23. The van der Waals surface area contributed by atoms with Crippen LogP contribution in [0, 0.1) is 5.95 Å². The minimum absolute atomic E-state index is 0.0668. The molecule has 102 valence electrons. The maximum Gasteiger partial charge on any atom is 0.354 e. The van der Waals surface area contributed by atoms with Crippen molar-refractivity contribution >= 4 is 11.9 Å². The third-order valence-corrected chi connectivity index (χ3v) is 2.49. The van der Waals surface area contributed by atoms with Crippen LogP contribution < -0.4 is 5.32 Å². The highest BCUT2D eigenvalue weighted by Crippen LogP contribution is 2.02. The first kappa shape index (κ1) is 13.6. The van der Waals surface area contributed by atoms with E-state index >= 15 is 0 Å². The van der Waals surface area contributed by atoms with E-state index in [1.165, 1.54) is 18.3 Å². The number of aromatic carboxylic acids is 1. The van der Waals surface area contributed by atoms with E-state index in [1.807, 2.05) is 0 Å². The molecule has 0 saturated carbocycles. The van der Waals surface area contributed by atoms with Crippen LogP contribution in [0.3, 0.4) is 0 Å². The standard InChI is InChI=1S/C13H10FN3O3/c14-11-4-2-9(7-16-11)12(18)17-6-8-1-3-10(13(19)20)15-5-8/h1-5,7H,6H2,(H,17,18)(H,19,20). The molecule has 2 heterocycles. The fourth-order valence-electron chi connectivity index (χ4n) is 1.45. The van der Waals surface area contributed by atoms with E-state index in [-0.39, 0.29) is 17.8 Å². The quantitative estimate of drug-likeness (QED) is 0.819. The zero-order chi connectivity index (χ0) is 14.5. The fraction of sp³-hybridized carbons (Fsp3) is 0.0769. The van der Waals surface area contributed by atoms with Crippen LogP contribution in [0.5, 0.6) is 0 Å². The molecule has 2 N–H and O–H groups in total. The van der Waals surface area contributed by atoms with Crippen molar-refractivity contribution in [1.82, 2.24) is 15.3 Å². The number of nitrogens with zero attached hydrogens (tertiary/aromatic N) is 2. The van der Waals surface area contributed by atoms with Gasteiger partial charge in [0.25, 0.3) is 5.91 Å². The van der Waals surface area contributed by atoms with Gasteiger partial charge in [0, 0.05) is 18.9 Å². The zero-order valence-corrected chi connectivity index (χ0v) is 10.2. The van der Waals surface area contributed by atoms with Gasteiger partial charge in [-0.3, -0.25) is 4.79 Å². The molecule has 2 aromatic rings. The molecule has 0 fully saturated rings. The summed E-state index contributed by atoms with van der Waals surface area (Å²) in [7, 11) is 0. The number of halogens is 1. The molecular formula is C13H10FN3O3. The van der Waals surface area contributed by atoms with Crippen molar-refractivity contribution in [2.24, 2.45) is 0 Å². The molecule has 0 unspecified atom stereocenters. The van der Waals surface area contributed by atoms with Gasteiger partial charge in [0.2, 0.25) is 5.95 Å². The van der Waals surface area contributed by atoms with Crippen LogP contribution in [-0.4, -0.2) is 27.0 Å². The molecule has 2 rings (SSSR count). The van der Waals surface area contributed by atoms with E-state index in [1.54, 1.807) is 6.07 Å². The Morgan fingerprint density at radius 1 is 1.15 bits per heavy atom. The van der Waals surface area contributed by atoms with Gasteiger partial charge < -0.3 is 10.4 Å². The number of amides is 1. The minimum atomic E-state index is -1.11. The summed E-state index contributed by atoms with van der Waals surface area (Å²) >= 11 is 0. The van der Waals surface area contributed by atoms with Gasteiger partial charge in [-0.25, -0.2) is 14.8 Å². The molecule has 2 aromatic heterocycles. The van der Waals surface area contributed by atoms with E-state index in [2.05, 4.69) is 15.3 Å². The summed E-state index contributed by atoms with van der Waals surface area (Å²) in [6.07, 6.45) is 2.50. The predicted molar refractivity (Wildman–Crippen MR) is 66.6 cm³/mol. The van der Waals surface area contributed by atoms with Crippen LogP contribution in [0.2, 0.25) is 0 Å². The monoisotopic (exact) mass is 275 g/mol. The Labute approximate surface area is 113 Å². The highest BCUT2D eigenvalue weighted by Gasteiger charge is 2.07. The van der Waals surface area contributed by atoms with Gasteiger partial charge in [-0.05, 0) is 23.8 Å². The van der Waals surface area contributed by atoms with Crippen LogP contribution >= 0.6 is 0 Å². The molecule has 6 nitrogen and oxygen atoms in total. The largest absolute Gasteiger partial charge is 0.477 e. The Bertz CT molecular complexity index is 626. The van der Waals surface area contributed by atoms with Crippen molar-refractivity contribution < 1.29 is 19.1 Å². The lowest BCUT2D eigenvalue weighted by molar-refractivity contribution is 0.0690. The Balaban J connectivity index is 1.96. The Hall–Kier alpha value is -2.83. The van der Waals surface area contributed by atoms with E-state index in [4.69, 9.17) is 5.11 Å². The van der Waals surface area contributed by atoms with E-state index in [9.17, 15) is 14.0 Å². The van der Waals surface area contributed by atoms with Gasteiger partial charge in [0.1, 0.15) is 5.69 Å². The van der Waals surface area contributed by atoms with Crippen LogP contribution in [0.4, 0.5) is 4.39 Å². The number of carbonyl (C=O) groups is 2. The second-order valence-corrected chi connectivity index (χ2v) is 3.91. The number of carboxylic acids is 1. The Morgan fingerprint density at radius 2 is 1.95 bits per heavy atom.